The summed E-state index contributed by atoms with van der Waals surface area (Å²) in [6, 6.07) is 10.0. The van der Waals surface area contributed by atoms with E-state index in [9.17, 15) is 15.3 Å². The van der Waals surface area contributed by atoms with E-state index < -0.39 is 0 Å². The summed E-state index contributed by atoms with van der Waals surface area (Å²) in [6.07, 6.45) is 0.700. The molecule has 1 aliphatic rings. The highest BCUT2D eigenvalue weighted by Gasteiger charge is 2.29. The van der Waals surface area contributed by atoms with Crippen molar-refractivity contribution in [3.05, 3.63) is 52.5 Å². The van der Waals surface area contributed by atoms with Crippen LogP contribution in [-0.4, -0.2) is 28.4 Å². The number of hydrogen-bond acceptors (Lipinski definition) is 4. The van der Waals surface area contributed by atoms with Crippen LogP contribution in [0.3, 0.4) is 0 Å². The maximum Gasteiger partial charge on any atom is 0.157 e. The summed E-state index contributed by atoms with van der Waals surface area (Å²) in [4.78, 5) is 0. The molecule has 1 aliphatic heterocycles. The van der Waals surface area contributed by atoms with Gasteiger partial charge in [-0.25, -0.2) is 0 Å². The van der Waals surface area contributed by atoms with Gasteiger partial charge in [0.1, 0.15) is 5.75 Å². The first-order chi connectivity index (χ1) is 10.5. The van der Waals surface area contributed by atoms with Crippen molar-refractivity contribution in [1.29, 1.82) is 0 Å². The number of phenols is 3. The van der Waals surface area contributed by atoms with E-state index in [0.717, 1.165) is 24.2 Å². The lowest BCUT2D eigenvalue weighted by molar-refractivity contribution is 0.401. The Labute approximate surface area is 134 Å². The van der Waals surface area contributed by atoms with Crippen LogP contribution >= 0.6 is 11.6 Å². The molecule has 5 heteroatoms. The monoisotopic (exact) mass is 319 g/mol. The highest BCUT2D eigenvalue weighted by molar-refractivity contribution is 6.30. The van der Waals surface area contributed by atoms with Gasteiger partial charge in [0.2, 0.25) is 0 Å². The molecule has 2 atom stereocenters. The highest BCUT2D eigenvalue weighted by atomic mass is 35.5. The Hall–Kier alpha value is -1.91. The van der Waals surface area contributed by atoms with Gasteiger partial charge in [0.05, 0.1) is 0 Å². The number of rotatable bonds is 3. The molecule has 0 amide bonds. The Morgan fingerprint density at radius 2 is 1.73 bits per heavy atom. The van der Waals surface area contributed by atoms with Crippen LogP contribution in [0.4, 0.5) is 0 Å². The quantitative estimate of drug-likeness (QED) is 0.656. The maximum absolute atomic E-state index is 9.98. The van der Waals surface area contributed by atoms with E-state index in [2.05, 4.69) is 5.32 Å². The average molecular weight is 320 g/mol. The van der Waals surface area contributed by atoms with Crippen molar-refractivity contribution >= 4 is 11.6 Å². The Bertz CT molecular complexity index is 690. The third-order valence-electron chi connectivity index (χ3n) is 4.29. The van der Waals surface area contributed by atoms with Gasteiger partial charge in [0, 0.05) is 17.5 Å². The van der Waals surface area contributed by atoms with Gasteiger partial charge in [0.15, 0.2) is 11.5 Å². The minimum atomic E-state index is -0.112. The van der Waals surface area contributed by atoms with Gasteiger partial charge in [-0.2, -0.15) is 0 Å². The Balaban J connectivity index is 1.83. The van der Waals surface area contributed by atoms with E-state index in [1.165, 1.54) is 6.07 Å². The molecule has 2 aromatic rings. The van der Waals surface area contributed by atoms with E-state index in [1.54, 1.807) is 24.3 Å². The summed E-state index contributed by atoms with van der Waals surface area (Å²) in [7, 11) is 0. The van der Waals surface area contributed by atoms with Gasteiger partial charge in [-0.15, -0.1) is 0 Å². The topological polar surface area (TPSA) is 72.7 Å². The molecule has 1 fully saturated rings. The van der Waals surface area contributed by atoms with Crippen LogP contribution in [0.5, 0.6) is 17.2 Å². The largest absolute Gasteiger partial charge is 0.508 e. The second-order valence-electron chi connectivity index (χ2n) is 5.75. The zero-order chi connectivity index (χ0) is 15.7. The molecule has 0 aliphatic carbocycles. The third kappa shape index (κ3) is 2.98. The summed E-state index contributed by atoms with van der Waals surface area (Å²) in [5, 5.41) is 33.1. The van der Waals surface area contributed by atoms with Crippen molar-refractivity contribution in [2.75, 3.05) is 13.1 Å². The lowest BCUT2D eigenvalue weighted by atomic mass is 9.84. The van der Waals surface area contributed by atoms with Crippen molar-refractivity contribution in [2.24, 2.45) is 5.92 Å². The molecular formula is C17H18ClNO3. The van der Waals surface area contributed by atoms with Crippen molar-refractivity contribution < 1.29 is 15.3 Å². The van der Waals surface area contributed by atoms with Crippen LogP contribution in [0, 0.1) is 5.92 Å². The SMILES string of the molecule is Oc1ccc([C@@H]2CNC[C@H]2Cc2cc(Cl)ccc2O)cc1O. The number of benzene rings is 2. The Morgan fingerprint density at radius 1 is 0.955 bits per heavy atom. The lowest BCUT2D eigenvalue weighted by Gasteiger charge is -2.20. The van der Waals surface area contributed by atoms with Gasteiger partial charge in [0.25, 0.3) is 0 Å². The molecule has 1 saturated heterocycles. The van der Waals surface area contributed by atoms with E-state index in [4.69, 9.17) is 11.6 Å². The maximum atomic E-state index is 9.98. The third-order valence-corrected chi connectivity index (χ3v) is 4.53. The number of aromatic hydroxyl groups is 3. The van der Waals surface area contributed by atoms with Crippen LogP contribution in [0.15, 0.2) is 36.4 Å². The van der Waals surface area contributed by atoms with Crippen molar-refractivity contribution in [1.82, 2.24) is 5.32 Å². The van der Waals surface area contributed by atoms with Crippen molar-refractivity contribution in [2.45, 2.75) is 12.3 Å². The Kier molecular flexibility index (Phi) is 4.14. The van der Waals surface area contributed by atoms with Gasteiger partial charge in [-0.05, 0) is 60.3 Å². The van der Waals surface area contributed by atoms with Crippen LogP contribution in [0.1, 0.15) is 17.0 Å². The summed E-state index contributed by atoms with van der Waals surface area (Å²) in [5.74, 6) is 0.536. The van der Waals surface area contributed by atoms with Crippen molar-refractivity contribution in [3.8, 4) is 17.2 Å². The van der Waals surface area contributed by atoms with Crippen LogP contribution in [-0.2, 0) is 6.42 Å². The second-order valence-corrected chi connectivity index (χ2v) is 6.19. The minimum Gasteiger partial charge on any atom is -0.508 e. The predicted molar refractivity (Wildman–Crippen MR) is 85.7 cm³/mol. The molecule has 0 saturated carbocycles. The summed E-state index contributed by atoms with van der Waals surface area (Å²) < 4.78 is 0. The number of nitrogens with one attached hydrogen (secondary N) is 1. The molecule has 2 aromatic carbocycles. The number of phenolic OH excluding ortho intramolecular Hbond substituents is 3. The number of hydrogen-bond donors (Lipinski definition) is 4. The fourth-order valence-electron chi connectivity index (χ4n) is 3.11. The predicted octanol–water partition coefficient (Wildman–Crippen LogP) is 3.00. The highest BCUT2D eigenvalue weighted by Crippen LogP contribution is 2.36. The molecule has 0 radical (unpaired) electrons. The fraction of sp³-hybridized carbons (Fsp3) is 0.294. The molecule has 0 spiro atoms. The first-order valence-corrected chi connectivity index (χ1v) is 7.62. The summed E-state index contributed by atoms with van der Waals surface area (Å²) >= 11 is 6.01. The smallest absolute Gasteiger partial charge is 0.157 e. The van der Waals surface area contributed by atoms with Gasteiger partial charge in [-0.1, -0.05) is 17.7 Å². The van der Waals surface area contributed by atoms with E-state index >= 15 is 0 Å². The van der Waals surface area contributed by atoms with Gasteiger partial charge in [-0.3, -0.25) is 0 Å². The molecule has 4 N–H and O–H groups in total. The average Bonchev–Trinajstić information content (AvgIpc) is 2.94. The van der Waals surface area contributed by atoms with E-state index in [1.807, 2.05) is 6.07 Å². The normalized spacial score (nSPS) is 21.1. The Morgan fingerprint density at radius 3 is 2.50 bits per heavy atom. The molecule has 0 bridgehead atoms. The molecule has 4 nitrogen and oxygen atoms in total. The molecule has 116 valence electrons. The standard InChI is InChI=1S/C17H18ClNO3/c18-13-2-4-15(20)11(6-13)5-12-8-19-9-14(12)10-1-3-16(21)17(22)7-10/h1-4,6-7,12,14,19-22H,5,8-9H2/t12-,14+/m1/s1. The second kappa shape index (κ2) is 6.07. The van der Waals surface area contributed by atoms with Gasteiger partial charge >= 0.3 is 0 Å². The molecule has 0 aromatic heterocycles. The van der Waals surface area contributed by atoms with E-state index in [0.29, 0.717) is 11.4 Å². The van der Waals surface area contributed by atoms with Crippen molar-refractivity contribution in [3.63, 3.8) is 0 Å². The molecule has 3 rings (SSSR count). The molecule has 22 heavy (non-hydrogen) atoms. The number of halogens is 1. The summed E-state index contributed by atoms with van der Waals surface area (Å²) in [6.45, 7) is 1.63. The van der Waals surface area contributed by atoms with Gasteiger partial charge < -0.3 is 20.6 Å². The van der Waals surface area contributed by atoms with Crippen LogP contribution in [0.2, 0.25) is 5.02 Å². The fourth-order valence-corrected chi connectivity index (χ4v) is 3.30. The molecule has 0 unspecified atom stereocenters. The van der Waals surface area contributed by atoms with E-state index in [-0.39, 0.29) is 29.1 Å². The minimum absolute atomic E-state index is 0.103. The summed E-state index contributed by atoms with van der Waals surface area (Å²) in [5.41, 5.74) is 1.81. The van der Waals surface area contributed by atoms with Crippen LogP contribution in [0.25, 0.3) is 0 Å². The zero-order valence-corrected chi connectivity index (χ0v) is 12.7. The first kappa shape index (κ1) is 15.0. The lowest BCUT2D eigenvalue weighted by Crippen LogP contribution is -2.14. The molecular weight excluding hydrogens is 302 g/mol. The first-order valence-electron chi connectivity index (χ1n) is 7.24. The zero-order valence-electron chi connectivity index (χ0n) is 12.0. The molecule has 1 heterocycles. The van der Waals surface area contributed by atoms with Crippen LogP contribution < -0.4 is 5.32 Å².